The summed E-state index contributed by atoms with van der Waals surface area (Å²) in [6.07, 6.45) is 0.911. The van der Waals surface area contributed by atoms with Crippen molar-refractivity contribution in [2.45, 2.75) is 40.2 Å². The van der Waals surface area contributed by atoms with Crippen molar-refractivity contribution in [1.82, 2.24) is 15.1 Å². The molecule has 1 N–H and O–H groups in total. The Morgan fingerprint density at radius 3 is 2.72 bits per heavy atom. The molecular formula is C19H23N3O2S. The van der Waals surface area contributed by atoms with Crippen LogP contribution >= 0.6 is 11.3 Å². The van der Waals surface area contributed by atoms with E-state index < -0.39 is 6.04 Å². The van der Waals surface area contributed by atoms with E-state index in [-0.39, 0.29) is 11.5 Å². The largest absolute Gasteiger partial charge is 0.354 e. The van der Waals surface area contributed by atoms with Gasteiger partial charge in [-0.2, -0.15) is 5.10 Å². The highest BCUT2D eigenvalue weighted by molar-refractivity contribution is 7.26. The Morgan fingerprint density at radius 1 is 1.28 bits per heavy atom. The Balaban J connectivity index is 2.02. The number of aryl methyl sites for hydroxylation is 1. The van der Waals surface area contributed by atoms with Gasteiger partial charge >= 0.3 is 0 Å². The Labute approximate surface area is 150 Å². The number of thiophene rings is 1. The minimum absolute atomic E-state index is 0.173. The summed E-state index contributed by atoms with van der Waals surface area (Å²) in [7, 11) is 0. The zero-order valence-electron chi connectivity index (χ0n) is 15.0. The van der Waals surface area contributed by atoms with Gasteiger partial charge in [0.1, 0.15) is 6.04 Å². The number of nitrogens with zero attached hydrogens (tertiary/aromatic N) is 2. The Morgan fingerprint density at radius 2 is 2.00 bits per heavy atom. The molecule has 2 heterocycles. The molecule has 2 aromatic heterocycles. The molecule has 0 aliphatic rings. The molecule has 1 unspecified atom stereocenters. The van der Waals surface area contributed by atoms with Gasteiger partial charge in [-0.3, -0.25) is 9.59 Å². The molecule has 0 spiro atoms. The van der Waals surface area contributed by atoms with Crippen molar-refractivity contribution in [2.75, 3.05) is 6.54 Å². The molecule has 3 rings (SSSR count). The number of rotatable bonds is 5. The first-order valence-corrected chi connectivity index (χ1v) is 9.40. The lowest BCUT2D eigenvalue weighted by atomic mass is 10.1. The minimum atomic E-state index is -0.638. The SMILES string of the molecule is Cc1nn(C(C)C(=O)NCCC(C)C)c(=O)c2c1sc1ccccc12. The molecule has 0 aliphatic heterocycles. The van der Waals surface area contributed by atoms with Gasteiger partial charge in [0.25, 0.3) is 5.56 Å². The van der Waals surface area contributed by atoms with E-state index in [9.17, 15) is 9.59 Å². The molecule has 0 fully saturated rings. The lowest BCUT2D eigenvalue weighted by Crippen LogP contribution is -2.38. The normalized spacial score (nSPS) is 12.8. The number of amides is 1. The van der Waals surface area contributed by atoms with Crippen molar-refractivity contribution in [3.05, 3.63) is 40.3 Å². The lowest BCUT2D eigenvalue weighted by Gasteiger charge is -2.15. The number of fused-ring (bicyclic) bond motifs is 3. The third-order valence-corrected chi connectivity index (χ3v) is 5.65. The average Bonchev–Trinajstić information content (AvgIpc) is 2.97. The second-order valence-electron chi connectivity index (χ2n) is 6.79. The van der Waals surface area contributed by atoms with Crippen LogP contribution in [0.25, 0.3) is 20.2 Å². The molecule has 25 heavy (non-hydrogen) atoms. The summed E-state index contributed by atoms with van der Waals surface area (Å²) in [5.41, 5.74) is 0.571. The maximum absolute atomic E-state index is 13.0. The first-order valence-electron chi connectivity index (χ1n) is 8.58. The van der Waals surface area contributed by atoms with E-state index >= 15 is 0 Å². The summed E-state index contributed by atoms with van der Waals surface area (Å²) in [4.78, 5) is 25.4. The Hall–Kier alpha value is -2.21. The van der Waals surface area contributed by atoms with Crippen LogP contribution in [-0.4, -0.2) is 22.2 Å². The van der Waals surface area contributed by atoms with Gasteiger partial charge in [-0.15, -0.1) is 11.3 Å². The van der Waals surface area contributed by atoms with Crippen molar-refractivity contribution in [3.8, 4) is 0 Å². The van der Waals surface area contributed by atoms with Gasteiger partial charge in [0.05, 0.1) is 15.8 Å². The van der Waals surface area contributed by atoms with Crippen molar-refractivity contribution < 1.29 is 4.79 Å². The van der Waals surface area contributed by atoms with Gasteiger partial charge in [0.2, 0.25) is 5.91 Å². The van der Waals surface area contributed by atoms with Crippen LogP contribution in [-0.2, 0) is 4.79 Å². The number of carbonyl (C=O) groups excluding carboxylic acids is 1. The van der Waals surface area contributed by atoms with E-state index in [2.05, 4.69) is 24.3 Å². The number of aromatic nitrogens is 2. The van der Waals surface area contributed by atoms with Crippen LogP contribution in [0.15, 0.2) is 29.1 Å². The second kappa shape index (κ2) is 6.96. The fourth-order valence-corrected chi connectivity index (χ4v) is 4.02. The molecular weight excluding hydrogens is 334 g/mol. The predicted octanol–water partition coefficient (Wildman–Crippen LogP) is 3.64. The fraction of sp³-hybridized carbons (Fsp3) is 0.421. The smallest absolute Gasteiger partial charge is 0.276 e. The second-order valence-corrected chi connectivity index (χ2v) is 7.84. The minimum Gasteiger partial charge on any atom is -0.354 e. The van der Waals surface area contributed by atoms with E-state index in [1.165, 1.54) is 4.68 Å². The van der Waals surface area contributed by atoms with E-state index in [4.69, 9.17) is 0 Å². The summed E-state index contributed by atoms with van der Waals surface area (Å²) in [6.45, 7) is 8.44. The molecule has 5 nitrogen and oxygen atoms in total. The molecule has 1 atom stereocenters. The van der Waals surface area contributed by atoms with E-state index in [1.54, 1.807) is 18.3 Å². The molecule has 0 saturated heterocycles. The van der Waals surface area contributed by atoms with Crippen LogP contribution in [0.5, 0.6) is 0 Å². The van der Waals surface area contributed by atoms with Crippen LogP contribution < -0.4 is 10.9 Å². The number of benzene rings is 1. The number of nitrogens with one attached hydrogen (secondary N) is 1. The summed E-state index contributed by atoms with van der Waals surface area (Å²) < 4.78 is 3.28. The average molecular weight is 357 g/mol. The van der Waals surface area contributed by atoms with Crippen molar-refractivity contribution in [1.29, 1.82) is 0 Å². The summed E-state index contributed by atoms with van der Waals surface area (Å²) in [6, 6.07) is 7.21. The van der Waals surface area contributed by atoms with Gasteiger partial charge < -0.3 is 5.32 Å². The molecule has 0 bridgehead atoms. The lowest BCUT2D eigenvalue weighted by molar-refractivity contribution is -0.124. The highest BCUT2D eigenvalue weighted by Gasteiger charge is 2.21. The van der Waals surface area contributed by atoms with Crippen molar-refractivity contribution in [2.24, 2.45) is 5.92 Å². The van der Waals surface area contributed by atoms with Crippen LogP contribution in [0.2, 0.25) is 0 Å². The maximum atomic E-state index is 13.0. The Bertz CT molecular complexity index is 987. The molecule has 1 aromatic carbocycles. The van der Waals surface area contributed by atoms with Crippen LogP contribution in [0.4, 0.5) is 0 Å². The third kappa shape index (κ3) is 3.31. The van der Waals surface area contributed by atoms with Gasteiger partial charge in [0, 0.05) is 16.6 Å². The molecule has 1 amide bonds. The maximum Gasteiger partial charge on any atom is 0.276 e. The molecule has 0 saturated carbocycles. The van der Waals surface area contributed by atoms with E-state index in [1.807, 2.05) is 31.2 Å². The van der Waals surface area contributed by atoms with Gasteiger partial charge in [-0.25, -0.2) is 4.68 Å². The summed E-state index contributed by atoms with van der Waals surface area (Å²) in [5, 5.41) is 8.91. The van der Waals surface area contributed by atoms with Crippen LogP contribution in [0, 0.1) is 12.8 Å². The van der Waals surface area contributed by atoms with Gasteiger partial charge in [-0.1, -0.05) is 32.0 Å². The molecule has 3 aromatic rings. The molecule has 132 valence electrons. The predicted molar refractivity (Wildman–Crippen MR) is 103 cm³/mol. The van der Waals surface area contributed by atoms with E-state index in [0.29, 0.717) is 17.8 Å². The van der Waals surface area contributed by atoms with Crippen molar-refractivity contribution in [3.63, 3.8) is 0 Å². The molecule has 0 radical (unpaired) electrons. The summed E-state index contributed by atoms with van der Waals surface area (Å²) in [5.74, 6) is 0.348. The standard InChI is InChI=1S/C19H23N3O2S/c1-11(2)9-10-20-18(23)13(4)22-19(24)16-14-7-5-6-8-15(14)25-17(16)12(3)21-22/h5-8,11,13H,9-10H2,1-4H3,(H,20,23). The van der Waals surface area contributed by atoms with Gasteiger partial charge in [0.15, 0.2) is 0 Å². The van der Waals surface area contributed by atoms with Gasteiger partial charge in [-0.05, 0) is 32.3 Å². The van der Waals surface area contributed by atoms with E-state index in [0.717, 1.165) is 26.9 Å². The molecule has 6 heteroatoms. The fourth-order valence-electron chi connectivity index (χ4n) is 2.88. The highest BCUT2D eigenvalue weighted by atomic mass is 32.1. The first kappa shape index (κ1) is 17.6. The third-order valence-electron chi connectivity index (χ3n) is 4.37. The molecule has 0 aliphatic carbocycles. The topological polar surface area (TPSA) is 64.0 Å². The number of hydrogen-bond donors (Lipinski definition) is 1. The number of hydrogen-bond acceptors (Lipinski definition) is 4. The quantitative estimate of drug-likeness (QED) is 0.758. The zero-order chi connectivity index (χ0) is 18.1. The first-order chi connectivity index (χ1) is 11.9. The zero-order valence-corrected chi connectivity index (χ0v) is 15.8. The highest BCUT2D eigenvalue weighted by Crippen LogP contribution is 2.32. The van der Waals surface area contributed by atoms with Crippen molar-refractivity contribution >= 4 is 37.4 Å². The van der Waals surface area contributed by atoms with Crippen LogP contribution in [0.1, 0.15) is 38.9 Å². The number of carbonyl (C=O) groups is 1. The Kier molecular flexibility index (Phi) is 4.90. The van der Waals surface area contributed by atoms with Crippen LogP contribution in [0.3, 0.4) is 0 Å². The monoisotopic (exact) mass is 357 g/mol. The summed E-state index contributed by atoms with van der Waals surface area (Å²) >= 11 is 1.57.